The van der Waals surface area contributed by atoms with E-state index in [4.69, 9.17) is 0 Å². The van der Waals surface area contributed by atoms with E-state index in [1.54, 1.807) is 13.8 Å². The molecule has 11 heteroatoms. The Morgan fingerprint density at radius 3 is 2.32 bits per heavy atom. The molecule has 2 aromatic carbocycles. The van der Waals surface area contributed by atoms with Gasteiger partial charge in [-0.05, 0) is 24.3 Å². The molecule has 0 aliphatic heterocycles. The predicted octanol–water partition coefficient (Wildman–Crippen LogP) is 3.35. The summed E-state index contributed by atoms with van der Waals surface area (Å²) in [5, 5.41) is 15.0. The molecule has 0 bridgehead atoms. The number of nitro benzene ring substituents is 1. The van der Waals surface area contributed by atoms with Gasteiger partial charge in [0, 0.05) is 19.2 Å². The molecular formula is C17H18F2N4O4S. The molecule has 0 heterocycles. The van der Waals surface area contributed by atoms with E-state index >= 15 is 0 Å². The Balaban J connectivity index is 2.36. The standard InChI is InChI=1S/C17H18F2N4O4S/c1-3-22(4-2)28(26,27)12-8-9-16(17(10-12)23(24)25)21-20-11-13-14(18)6-5-7-15(13)19/h5-11,21H,3-4H2,1-2H3/b20-11+. The second-order valence-corrected chi connectivity index (χ2v) is 7.47. The van der Waals surface area contributed by atoms with Crippen LogP contribution in [0.15, 0.2) is 46.4 Å². The van der Waals surface area contributed by atoms with Gasteiger partial charge in [0.05, 0.1) is 21.6 Å². The van der Waals surface area contributed by atoms with Gasteiger partial charge in [-0.3, -0.25) is 15.5 Å². The molecular weight excluding hydrogens is 394 g/mol. The Labute approximate surface area is 160 Å². The van der Waals surface area contributed by atoms with Crippen LogP contribution in [-0.2, 0) is 10.0 Å². The van der Waals surface area contributed by atoms with E-state index < -0.39 is 37.8 Å². The molecule has 1 N–H and O–H groups in total. The molecule has 28 heavy (non-hydrogen) atoms. The third-order valence-corrected chi connectivity index (χ3v) is 5.93. The molecule has 0 aromatic heterocycles. The quantitative estimate of drug-likeness (QED) is 0.407. The van der Waals surface area contributed by atoms with Crippen molar-refractivity contribution in [2.75, 3.05) is 18.5 Å². The topological polar surface area (TPSA) is 105 Å². The van der Waals surface area contributed by atoms with E-state index in [-0.39, 0.29) is 23.7 Å². The van der Waals surface area contributed by atoms with Gasteiger partial charge in [0.1, 0.15) is 17.3 Å². The molecule has 0 atom stereocenters. The first-order chi connectivity index (χ1) is 13.2. The number of hydrogen-bond acceptors (Lipinski definition) is 6. The monoisotopic (exact) mass is 412 g/mol. The van der Waals surface area contributed by atoms with Crippen molar-refractivity contribution in [3.63, 3.8) is 0 Å². The summed E-state index contributed by atoms with van der Waals surface area (Å²) in [5.74, 6) is -1.69. The van der Waals surface area contributed by atoms with Crippen LogP contribution < -0.4 is 5.43 Å². The lowest BCUT2D eigenvalue weighted by molar-refractivity contribution is -0.384. The minimum absolute atomic E-state index is 0.128. The number of nitrogens with one attached hydrogen (secondary N) is 1. The fourth-order valence-electron chi connectivity index (χ4n) is 2.43. The smallest absolute Gasteiger partial charge is 0.272 e. The molecule has 0 aliphatic rings. The number of rotatable bonds is 8. The number of benzene rings is 2. The third kappa shape index (κ3) is 4.49. The van der Waals surface area contributed by atoms with Crippen LogP contribution in [0.5, 0.6) is 0 Å². The van der Waals surface area contributed by atoms with Crippen LogP contribution in [-0.4, -0.2) is 37.0 Å². The summed E-state index contributed by atoms with van der Waals surface area (Å²) in [6.45, 7) is 3.74. The first-order valence-corrected chi connectivity index (χ1v) is 9.68. The average molecular weight is 412 g/mol. The highest BCUT2D eigenvalue weighted by Crippen LogP contribution is 2.29. The molecule has 8 nitrogen and oxygen atoms in total. The van der Waals surface area contributed by atoms with Crippen molar-refractivity contribution >= 4 is 27.6 Å². The van der Waals surface area contributed by atoms with E-state index in [2.05, 4.69) is 10.5 Å². The molecule has 0 spiro atoms. The van der Waals surface area contributed by atoms with Crippen molar-refractivity contribution in [1.82, 2.24) is 4.31 Å². The lowest BCUT2D eigenvalue weighted by Crippen LogP contribution is -2.30. The van der Waals surface area contributed by atoms with Crippen LogP contribution in [0.2, 0.25) is 0 Å². The van der Waals surface area contributed by atoms with Gasteiger partial charge < -0.3 is 0 Å². The molecule has 150 valence electrons. The number of nitro groups is 1. The van der Waals surface area contributed by atoms with Gasteiger partial charge in [0.15, 0.2) is 0 Å². The normalized spacial score (nSPS) is 11.9. The minimum Gasteiger partial charge on any atom is -0.272 e. The second kappa shape index (κ2) is 8.85. The Hall–Kier alpha value is -2.92. The van der Waals surface area contributed by atoms with Gasteiger partial charge >= 0.3 is 0 Å². The zero-order valence-electron chi connectivity index (χ0n) is 15.1. The summed E-state index contributed by atoms with van der Waals surface area (Å²) in [7, 11) is -3.89. The predicted molar refractivity (Wildman–Crippen MR) is 101 cm³/mol. The summed E-state index contributed by atoms with van der Waals surface area (Å²) in [6, 6.07) is 6.55. The fourth-order valence-corrected chi connectivity index (χ4v) is 3.91. The van der Waals surface area contributed by atoms with Crippen molar-refractivity contribution in [2.45, 2.75) is 18.7 Å². The Bertz CT molecular complexity index is 988. The number of sulfonamides is 1. The van der Waals surface area contributed by atoms with Crippen molar-refractivity contribution in [1.29, 1.82) is 0 Å². The van der Waals surface area contributed by atoms with Gasteiger partial charge in [-0.25, -0.2) is 17.2 Å². The van der Waals surface area contributed by atoms with E-state index in [0.717, 1.165) is 28.7 Å². The van der Waals surface area contributed by atoms with Crippen LogP contribution in [0, 0.1) is 21.7 Å². The number of anilines is 1. The van der Waals surface area contributed by atoms with Crippen molar-refractivity contribution in [3.05, 3.63) is 63.7 Å². The van der Waals surface area contributed by atoms with Crippen molar-refractivity contribution in [3.8, 4) is 0 Å². The van der Waals surface area contributed by atoms with Gasteiger partial charge in [-0.15, -0.1) is 0 Å². The molecule has 0 radical (unpaired) electrons. The molecule has 0 unspecified atom stereocenters. The minimum atomic E-state index is -3.89. The molecule has 0 saturated carbocycles. The average Bonchev–Trinajstić information content (AvgIpc) is 2.64. The number of halogens is 2. The summed E-state index contributed by atoms with van der Waals surface area (Å²) < 4.78 is 53.4. The molecule has 0 saturated heterocycles. The fraction of sp³-hybridized carbons (Fsp3) is 0.235. The maximum absolute atomic E-state index is 13.6. The lowest BCUT2D eigenvalue weighted by Gasteiger charge is -2.18. The lowest BCUT2D eigenvalue weighted by atomic mass is 10.2. The first kappa shape index (κ1) is 21.4. The van der Waals surface area contributed by atoms with Crippen LogP contribution in [0.4, 0.5) is 20.2 Å². The van der Waals surface area contributed by atoms with Crippen molar-refractivity contribution in [2.24, 2.45) is 5.10 Å². The first-order valence-electron chi connectivity index (χ1n) is 8.24. The van der Waals surface area contributed by atoms with Crippen LogP contribution >= 0.6 is 0 Å². The summed E-state index contributed by atoms with van der Waals surface area (Å²) in [6.07, 6.45) is 0.842. The van der Waals surface area contributed by atoms with Crippen LogP contribution in [0.1, 0.15) is 19.4 Å². The number of hydrogen-bond donors (Lipinski definition) is 1. The largest absolute Gasteiger partial charge is 0.295 e. The zero-order valence-corrected chi connectivity index (χ0v) is 15.9. The molecule has 0 amide bonds. The van der Waals surface area contributed by atoms with E-state index in [1.165, 1.54) is 18.2 Å². The summed E-state index contributed by atoms with van der Waals surface area (Å²) in [4.78, 5) is 10.3. The van der Waals surface area contributed by atoms with Crippen LogP contribution in [0.3, 0.4) is 0 Å². The maximum Gasteiger partial charge on any atom is 0.295 e. The van der Waals surface area contributed by atoms with Crippen molar-refractivity contribution < 1.29 is 22.1 Å². The van der Waals surface area contributed by atoms with Gasteiger partial charge in [-0.2, -0.15) is 9.41 Å². The molecule has 0 aliphatic carbocycles. The van der Waals surface area contributed by atoms with E-state index in [1.807, 2.05) is 0 Å². The molecule has 0 fully saturated rings. The Morgan fingerprint density at radius 1 is 1.18 bits per heavy atom. The number of nitrogens with zero attached hydrogens (tertiary/aromatic N) is 3. The SMILES string of the molecule is CCN(CC)S(=O)(=O)c1ccc(N/N=C/c2c(F)cccc2F)c([N+](=O)[O-])c1. The molecule has 2 aromatic rings. The van der Waals surface area contributed by atoms with Crippen LogP contribution in [0.25, 0.3) is 0 Å². The Kier molecular flexibility index (Phi) is 6.75. The van der Waals surface area contributed by atoms with E-state index in [9.17, 15) is 27.3 Å². The second-order valence-electron chi connectivity index (χ2n) is 5.53. The Morgan fingerprint density at radius 2 is 1.79 bits per heavy atom. The summed E-state index contributed by atoms with van der Waals surface area (Å²) >= 11 is 0. The highest BCUT2D eigenvalue weighted by molar-refractivity contribution is 7.89. The highest BCUT2D eigenvalue weighted by Gasteiger charge is 2.25. The van der Waals surface area contributed by atoms with Gasteiger partial charge in [0.25, 0.3) is 5.69 Å². The third-order valence-electron chi connectivity index (χ3n) is 3.89. The maximum atomic E-state index is 13.6. The summed E-state index contributed by atoms with van der Waals surface area (Å²) in [5.41, 5.74) is 1.23. The van der Waals surface area contributed by atoms with Gasteiger partial charge in [0.2, 0.25) is 10.0 Å². The van der Waals surface area contributed by atoms with Gasteiger partial charge in [-0.1, -0.05) is 19.9 Å². The number of hydrazone groups is 1. The zero-order chi connectivity index (χ0) is 20.9. The highest BCUT2D eigenvalue weighted by atomic mass is 32.2. The van der Waals surface area contributed by atoms with E-state index in [0.29, 0.717) is 0 Å². The molecule has 2 rings (SSSR count).